The topological polar surface area (TPSA) is 37.4 Å². The minimum atomic E-state index is -3.55. The molecule has 1 aromatic carbocycles. The first-order chi connectivity index (χ1) is 8.73. The van der Waals surface area contributed by atoms with Crippen molar-refractivity contribution in [2.75, 3.05) is 6.54 Å². The Morgan fingerprint density at radius 1 is 1.11 bits per heavy atom. The fourth-order valence-electron chi connectivity index (χ4n) is 2.49. The number of sulfonamides is 1. The largest absolute Gasteiger partial charge is 0.243 e. The van der Waals surface area contributed by atoms with E-state index in [1.54, 1.807) is 4.31 Å². The SMILES string of the molecule is CC1(C)CCCCN1S(=O)(=O)c1cc(Cl)cc(Cl)c1. The Balaban J connectivity index is 2.47. The van der Waals surface area contributed by atoms with Gasteiger partial charge in [-0.05, 0) is 44.9 Å². The molecule has 0 bridgehead atoms. The van der Waals surface area contributed by atoms with E-state index in [0.717, 1.165) is 19.3 Å². The molecule has 0 amide bonds. The van der Waals surface area contributed by atoms with E-state index in [1.165, 1.54) is 18.2 Å². The smallest absolute Gasteiger partial charge is 0.207 e. The Morgan fingerprint density at radius 3 is 2.21 bits per heavy atom. The van der Waals surface area contributed by atoms with Crippen LogP contribution in [-0.2, 0) is 10.0 Å². The summed E-state index contributed by atoms with van der Waals surface area (Å²) in [5.41, 5.74) is -0.369. The predicted octanol–water partition coefficient (Wildman–Crippen LogP) is 3.95. The Hall–Kier alpha value is -0.290. The van der Waals surface area contributed by atoms with Crippen LogP contribution in [0.3, 0.4) is 0 Å². The van der Waals surface area contributed by atoms with Crippen molar-refractivity contribution in [3.05, 3.63) is 28.2 Å². The molecule has 0 unspecified atom stereocenters. The van der Waals surface area contributed by atoms with Gasteiger partial charge in [0.05, 0.1) is 4.90 Å². The zero-order valence-electron chi connectivity index (χ0n) is 11.0. The second-order valence-corrected chi connectivity index (χ2v) is 8.19. The molecule has 0 spiro atoms. The molecule has 19 heavy (non-hydrogen) atoms. The standard InChI is InChI=1S/C13H17Cl2NO2S/c1-13(2)5-3-4-6-16(13)19(17,18)12-8-10(14)7-11(15)9-12/h7-9H,3-6H2,1-2H3. The molecule has 0 saturated carbocycles. The molecule has 6 heteroatoms. The molecule has 2 rings (SSSR count). The summed E-state index contributed by atoms with van der Waals surface area (Å²) in [6.07, 6.45) is 2.80. The van der Waals surface area contributed by atoms with E-state index >= 15 is 0 Å². The third kappa shape index (κ3) is 3.07. The Kier molecular flexibility index (Phi) is 4.17. The van der Waals surface area contributed by atoms with Crippen molar-refractivity contribution in [1.82, 2.24) is 4.31 Å². The van der Waals surface area contributed by atoms with E-state index in [1.807, 2.05) is 13.8 Å². The first kappa shape index (κ1) is 15.1. The summed E-state index contributed by atoms with van der Waals surface area (Å²) >= 11 is 11.8. The van der Waals surface area contributed by atoms with Crippen molar-refractivity contribution in [3.8, 4) is 0 Å². The van der Waals surface area contributed by atoms with Gasteiger partial charge in [0.1, 0.15) is 0 Å². The highest BCUT2D eigenvalue weighted by Gasteiger charge is 2.39. The molecule has 1 aliphatic rings. The van der Waals surface area contributed by atoms with Gasteiger partial charge in [0.2, 0.25) is 10.0 Å². The minimum Gasteiger partial charge on any atom is -0.207 e. The van der Waals surface area contributed by atoms with E-state index < -0.39 is 10.0 Å². The number of piperidine rings is 1. The number of hydrogen-bond donors (Lipinski definition) is 0. The molecule has 106 valence electrons. The summed E-state index contributed by atoms with van der Waals surface area (Å²) in [6, 6.07) is 4.43. The fraction of sp³-hybridized carbons (Fsp3) is 0.538. The Bertz CT molecular complexity index is 564. The zero-order valence-corrected chi connectivity index (χ0v) is 13.3. The molecular formula is C13H17Cl2NO2S. The van der Waals surface area contributed by atoms with E-state index in [9.17, 15) is 8.42 Å². The minimum absolute atomic E-state index is 0.167. The van der Waals surface area contributed by atoms with Gasteiger partial charge in [-0.2, -0.15) is 4.31 Å². The zero-order chi connectivity index (χ0) is 14.3. The number of rotatable bonds is 2. The molecule has 1 aliphatic heterocycles. The highest BCUT2D eigenvalue weighted by atomic mass is 35.5. The van der Waals surface area contributed by atoms with Crippen molar-refractivity contribution in [1.29, 1.82) is 0 Å². The molecule has 0 aromatic heterocycles. The van der Waals surface area contributed by atoms with Crippen molar-refractivity contribution in [2.24, 2.45) is 0 Å². The number of nitrogens with zero attached hydrogens (tertiary/aromatic N) is 1. The number of hydrogen-bond acceptors (Lipinski definition) is 2. The van der Waals surface area contributed by atoms with Crippen molar-refractivity contribution in [3.63, 3.8) is 0 Å². The summed E-state index contributed by atoms with van der Waals surface area (Å²) in [7, 11) is -3.55. The van der Waals surface area contributed by atoms with Crippen LogP contribution >= 0.6 is 23.2 Å². The second kappa shape index (κ2) is 5.24. The quantitative estimate of drug-likeness (QED) is 0.827. The molecule has 0 N–H and O–H groups in total. The third-order valence-electron chi connectivity index (χ3n) is 3.50. The summed E-state index contributed by atoms with van der Waals surface area (Å²) in [5, 5.41) is 0.668. The van der Waals surface area contributed by atoms with Gasteiger partial charge in [-0.1, -0.05) is 29.6 Å². The summed E-state index contributed by atoms with van der Waals surface area (Å²) in [5.74, 6) is 0. The monoisotopic (exact) mass is 321 g/mol. The summed E-state index contributed by atoms with van der Waals surface area (Å²) < 4.78 is 27.0. The highest BCUT2D eigenvalue weighted by Crippen LogP contribution is 2.34. The van der Waals surface area contributed by atoms with E-state index in [2.05, 4.69) is 0 Å². The maximum atomic E-state index is 12.7. The molecule has 0 atom stereocenters. The van der Waals surface area contributed by atoms with Crippen LogP contribution in [0.25, 0.3) is 0 Å². The van der Waals surface area contributed by atoms with Crippen molar-refractivity contribution >= 4 is 33.2 Å². The lowest BCUT2D eigenvalue weighted by Crippen LogP contribution is -2.50. The molecular weight excluding hydrogens is 305 g/mol. The van der Waals surface area contributed by atoms with Gasteiger partial charge in [-0.25, -0.2) is 8.42 Å². The van der Waals surface area contributed by atoms with Gasteiger partial charge >= 0.3 is 0 Å². The van der Waals surface area contributed by atoms with E-state index in [4.69, 9.17) is 23.2 Å². The van der Waals surface area contributed by atoms with Gasteiger partial charge in [0.25, 0.3) is 0 Å². The van der Waals surface area contributed by atoms with Crippen LogP contribution in [0, 0.1) is 0 Å². The molecule has 0 aliphatic carbocycles. The maximum Gasteiger partial charge on any atom is 0.243 e. The number of benzene rings is 1. The van der Waals surface area contributed by atoms with Gasteiger partial charge in [0, 0.05) is 22.1 Å². The van der Waals surface area contributed by atoms with Crippen LogP contribution in [0.15, 0.2) is 23.1 Å². The lowest BCUT2D eigenvalue weighted by molar-refractivity contribution is 0.170. The van der Waals surface area contributed by atoms with Crippen LogP contribution in [0.2, 0.25) is 10.0 Å². The average molecular weight is 322 g/mol. The maximum absolute atomic E-state index is 12.7. The fourth-order valence-corrected chi connectivity index (χ4v) is 5.06. The van der Waals surface area contributed by atoms with Gasteiger partial charge in [0.15, 0.2) is 0 Å². The second-order valence-electron chi connectivity index (χ2n) is 5.45. The average Bonchev–Trinajstić information content (AvgIpc) is 2.26. The van der Waals surface area contributed by atoms with Crippen molar-refractivity contribution < 1.29 is 8.42 Å². The van der Waals surface area contributed by atoms with Crippen molar-refractivity contribution in [2.45, 2.75) is 43.5 Å². The molecule has 1 heterocycles. The Morgan fingerprint density at radius 2 is 1.68 bits per heavy atom. The van der Waals surface area contributed by atoms with Gasteiger partial charge < -0.3 is 0 Å². The van der Waals surface area contributed by atoms with Crippen LogP contribution in [-0.4, -0.2) is 24.8 Å². The molecule has 3 nitrogen and oxygen atoms in total. The first-order valence-corrected chi connectivity index (χ1v) is 8.42. The summed E-state index contributed by atoms with van der Waals surface area (Å²) in [6.45, 7) is 4.45. The van der Waals surface area contributed by atoms with Gasteiger partial charge in [-0.15, -0.1) is 0 Å². The third-order valence-corrected chi connectivity index (χ3v) is 6.02. The van der Waals surface area contributed by atoms with Crippen LogP contribution < -0.4 is 0 Å². The first-order valence-electron chi connectivity index (χ1n) is 6.22. The molecule has 1 aromatic rings. The van der Waals surface area contributed by atoms with Gasteiger partial charge in [-0.3, -0.25) is 0 Å². The molecule has 0 radical (unpaired) electrons. The Labute approximate surface area is 124 Å². The molecule has 1 fully saturated rings. The lowest BCUT2D eigenvalue weighted by Gasteiger charge is -2.41. The molecule has 1 saturated heterocycles. The van der Waals surface area contributed by atoms with E-state index in [-0.39, 0.29) is 10.4 Å². The highest BCUT2D eigenvalue weighted by molar-refractivity contribution is 7.89. The van der Waals surface area contributed by atoms with Crippen LogP contribution in [0.5, 0.6) is 0 Å². The van der Waals surface area contributed by atoms with Crippen LogP contribution in [0.1, 0.15) is 33.1 Å². The summed E-state index contributed by atoms with van der Waals surface area (Å²) in [4.78, 5) is 0.167. The van der Waals surface area contributed by atoms with E-state index in [0.29, 0.717) is 16.6 Å². The predicted molar refractivity (Wildman–Crippen MR) is 78.3 cm³/mol. The number of halogens is 2. The lowest BCUT2D eigenvalue weighted by atomic mass is 9.93. The van der Waals surface area contributed by atoms with Crippen LogP contribution in [0.4, 0.5) is 0 Å². The normalized spacial score (nSPS) is 20.4.